The standard InChI is InChI=1S/C10H20N4O2/c1-3-10(2,8(11)13-16)12-9(15)14-6-4-5-7-14/h16H,3-7H2,1-2H3,(H2,11,13)(H,12,15). The first-order chi connectivity index (χ1) is 7.53. The molecule has 1 heterocycles. The number of likely N-dealkylation sites (tertiary alicyclic amines) is 1. The number of rotatable bonds is 3. The highest BCUT2D eigenvalue weighted by Gasteiger charge is 2.31. The third-order valence-electron chi connectivity index (χ3n) is 3.16. The molecule has 0 saturated carbocycles. The molecule has 1 rings (SSSR count). The minimum atomic E-state index is -0.783. The van der Waals surface area contributed by atoms with Crippen LogP contribution in [0.4, 0.5) is 4.79 Å². The van der Waals surface area contributed by atoms with Gasteiger partial charge >= 0.3 is 6.03 Å². The van der Waals surface area contributed by atoms with Crippen LogP contribution in [0.3, 0.4) is 0 Å². The summed E-state index contributed by atoms with van der Waals surface area (Å²) < 4.78 is 0. The average molecular weight is 228 g/mol. The van der Waals surface area contributed by atoms with Crippen LogP contribution < -0.4 is 11.1 Å². The normalized spacial score (nSPS) is 20.6. The Labute approximate surface area is 95.5 Å². The first kappa shape index (κ1) is 12.6. The molecule has 4 N–H and O–H groups in total. The number of amidine groups is 1. The Morgan fingerprint density at radius 3 is 2.56 bits per heavy atom. The van der Waals surface area contributed by atoms with Gasteiger partial charge in [0.05, 0.1) is 5.54 Å². The number of nitrogens with zero attached hydrogens (tertiary/aromatic N) is 2. The fourth-order valence-electron chi connectivity index (χ4n) is 1.68. The molecular formula is C10H20N4O2. The molecule has 0 radical (unpaired) electrons. The highest BCUT2D eigenvalue weighted by molar-refractivity contribution is 5.93. The van der Waals surface area contributed by atoms with Gasteiger partial charge in [0.2, 0.25) is 0 Å². The van der Waals surface area contributed by atoms with Crippen LogP contribution in [0.2, 0.25) is 0 Å². The molecule has 1 saturated heterocycles. The maximum atomic E-state index is 11.9. The number of nitrogens with two attached hydrogens (primary N) is 1. The van der Waals surface area contributed by atoms with E-state index in [-0.39, 0.29) is 11.9 Å². The van der Waals surface area contributed by atoms with Crippen molar-refractivity contribution in [1.29, 1.82) is 0 Å². The Bertz CT molecular complexity index is 287. The second-order valence-corrected chi connectivity index (χ2v) is 4.30. The lowest BCUT2D eigenvalue weighted by atomic mass is 9.98. The van der Waals surface area contributed by atoms with Gasteiger partial charge in [0.25, 0.3) is 0 Å². The van der Waals surface area contributed by atoms with Crippen LogP contribution in [0.1, 0.15) is 33.1 Å². The minimum absolute atomic E-state index is 0.0301. The number of hydrogen-bond acceptors (Lipinski definition) is 3. The third kappa shape index (κ3) is 2.56. The van der Waals surface area contributed by atoms with Gasteiger partial charge in [-0.25, -0.2) is 4.79 Å². The molecule has 0 aromatic carbocycles. The van der Waals surface area contributed by atoms with Gasteiger partial charge in [-0.3, -0.25) is 0 Å². The minimum Gasteiger partial charge on any atom is -0.409 e. The van der Waals surface area contributed by atoms with E-state index in [0.29, 0.717) is 6.42 Å². The lowest BCUT2D eigenvalue weighted by Crippen LogP contribution is -2.57. The highest BCUT2D eigenvalue weighted by atomic mass is 16.4. The summed E-state index contributed by atoms with van der Waals surface area (Å²) in [5, 5.41) is 14.5. The summed E-state index contributed by atoms with van der Waals surface area (Å²) in [7, 11) is 0. The van der Waals surface area contributed by atoms with E-state index >= 15 is 0 Å². The molecule has 1 aliphatic heterocycles. The number of urea groups is 1. The molecule has 0 aliphatic carbocycles. The predicted octanol–water partition coefficient (Wildman–Crippen LogP) is 0.707. The van der Waals surface area contributed by atoms with Crippen molar-refractivity contribution < 1.29 is 10.0 Å². The molecule has 1 unspecified atom stereocenters. The van der Waals surface area contributed by atoms with Gasteiger partial charge in [0, 0.05) is 13.1 Å². The Balaban J connectivity index is 2.65. The van der Waals surface area contributed by atoms with Crippen molar-refractivity contribution in [2.24, 2.45) is 10.9 Å². The monoisotopic (exact) mass is 228 g/mol. The summed E-state index contributed by atoms with van der Waals surface area (Å²) in [4.78, 5) is 13.6. The maximum Gasteiger partial charge on any atom is 0.318 e. The molecule has 0 aromatic heterocycles. The van der Waals surface area contributed by atoms with Crippen LogP contribution in [-0.2, 0) is 0 Å². The average Bonchev–Trinajstić information content (AvgIpc) is 2.81. The molecule has 1 aliphatic rings. The van der Waals surface area contributed by atoms with E-state index in [1.807, 2.05) is 6.92 Å². The van der Waals surface area contributed by atoms with E-state index in [2.05, 4.69) is 10.5 Å². The molecule has 1 atom stereocenters. The SMILES string of the molecule is CCC(C)(NC(=O)N1CCCC1)C(N)=NO. The zero-order chi connectivity index (χ0) is 12.2. The van der Waals surface area contributed by atoms with Gasteiger partial charge in [0.15, 0.2) is 5.84 Å². The van der Waals surface area contributed by atoms with Crippen LogP contribution in [0.15, 0.2) is 5.16 Å². The second-order valence-electron chi connectivity index (χ2n) is 4.30. The van der Waals surface area contributed by atoms with Crippen LogP contribution in [0, 0.1) is 0 Å². The van der Waals surface area contributed by atoms with Crippen molar-refractivity contribution >= 4 is 11.9 Å². The van der Waals surface area contributed by atoms with Crippen LogP contribution in [0.5, 0.6) is 0 Å². The Morgan fingerprint density at radius 1 is 1.56 bits per heavy atom. The second kappa shape index (κ2) is 5.05. The van der Waals surface area contributed by atoms with Crippen molar-refractivity contribution in [3.05, 3.63) is 0 Å². The summed E-state index contributed by atoms with van der Waals surface area (Å²) in [6, 6.07) is -0.145. The van der Waals surface area contributed by atoms with E-state index < -0.39 is 5.54 Å². The van der Waals surface area contributed by atoms with Crippen molar-refractivity contribution in [2.75, 3.05) is 13.1 Å². The number of oxime groups is 1. The van der Waals surface area contributed by atoms with Crippen molar-refractivity contribution in [3.8, 4) is 0 Å². The molecule has 1 fully saturated rings. The number of carbonyl (C=O) groups excluding carboxylic acids is 1. The van der Waals surface area contributed by atoms with Crippen LogP contribution in [0.25, 0.3) is 0 Å². The van der Waals surface area contributed by atoms with E-state index in [9.17, 15) is 4.79 Å². The zero-order valence-electron chi connectivity index (χ0n) is 9.86. The zero-order valence-corrected chi connectivity index (χ0v) is 9.86. The summed E-state index contributed by atoms with van der Waals surface area (Å²) in [6.07, 6.45) is 2.65. The molecule has 6 heteroatoms. The predicted molar refractivity (Wildman–Crippen MR) is 61.4 cm³/mol. The Kier molecular flexibility index (Phi) is 3.98. The van der Waals surface area contributed by atoms with Gasteiger partial charge in [-0.1, -0.05) is 12.1 Å². The molecule has 6 nitrogen and oxygen atoms in total. The van der Waals surface area contributed by atoms with Crippen molar-refractivity contribution in [2.45, 2.75) is 38.6 Å². The molecule has 16 heavy (non-hydrogen) atoms. The van der Waals surface area contributed by atoms with Crippen molar-refractivity contribution in [3.63, 3.8) is 0 Å². The summed E-state index contributed by atoms with van der Waals surface area (Å²) >= 11 is 0. The topological polar surface area (TPSA) is 91.0 Å². The Hall–Kier alpha value is -1.46. The molecule has 0 spiro atoms. The maximum absolute atomic E-state index is 11.9. The summed E-state index contributed by atoms with van der Waals surface area (Å²) in [5.41, 5.74) is 4.79. The first-order valence-corrected chi connectivity index (χ1v) is 5.58. The fraction of sp³-hybridized carbons (Fsp3) is 0.800. The lowest BCUT2D eigenvalue weighted by molar-refractivity contribution is 0.200. The highest BCUT2D eigenvalue weighted by Crippen LogP contribution is 2.13. The molecule has 92 valence electrons. The van der Waals surface area contributed by atoms with Gasteiger partial charge in [0.1, 0.15) is 0 Å². The number of carbonyl (C=O) groups is 1. The van der Waals surface area contributed by atoms with Crippen LogP contribution >= 0.6 is 0 Å². The third-order valence-corrected chi connectivity index (χ3v) is 3.16. The first-order valence-electron chi connectivity index (χ1n) is 5.58. The van der Waals surface area contributed by atoms with E-state index in [0.717, 1.165) is 25.9 Å². The van der Waals surface area contributed by atoms with E-state index in [4.69, 9.17) is 10.9 Å². The number of nitrogens with one attached hydrogen (secondary N) is 1. The summed E-state index contributed by atoms with van der Waals surface area (Å²) in [5.74, 6) is 0.0301. The molecular weight excluding hydrogens is 208 g/mol. The van der Waals surface area contributed by atoms with E-state index in [1.165, 1.54) is 0 Å². The summed E-state index contributed by atoms with van der Waals surface area (Å²) in [6.45, 7) is 5.18. The smallest absolute Gasteiger partial charge is 0.318 e. The lowest BCUT2D eigenvalue weighted by Gasteiger charge is -2.30. The number of amides is 2. The van der Waals surface area contributed by atoms with Crippen LogP contribution in [-0.4, -0.2) is 40.6 Å². The van der Waals surface area contributed by atoms with Gasteiger partial charge in [-0.05, 0) is 26.2 Å². The van der Waals surface area contributed by atoms with Gasteiger partial charge < -0.3 is 21.2 Å². The molecule has 0 bridgehead atoms. The fourth-order valence-corrected chi connectivity index (χ4v) is 1.68. The quantitative estimate of drug-likeness (QED) is 0.287. The van der Waals surface area contributed by atoms with E-state index in [1.54, 1.807) is 11.8 Å². The largest absolute Gasteiger partial charge is 0.409 e. The van der Waals surface area contributed by atoms with Gasteiger partial charge in [-0.2, -0.15) is 0 Å². The molecule has 2 amide bonds. The Morgan fingerprint density at radius 2 is 2.12 bits per heavy atom. The van der Waals surface area contributed by atoms with Crippen molar-refractivity contribution in [1.82, 2.24) is 10.2 Å². The van der Waals surface area contributed by atoms with Gasteiger partial charge in [-0.15, -0.1) is 0 Å². The number of hydrogen-bond donors (Lipinski definition) is 3. The molecule has 0 aromatic rings.